The van der Waals surface area contributed by atoms with Gasteiger partial charge in [0, 0.05) is 50.4 Å². The third-order valence-corrected chi connectivity index (χ3v) is 6.39. The quantitative estimate of drug-likeness (QED) is 0.763. The van der Waals surface area contributed by atoms with Crippen LogP contribution in [0.25, 0.3) is 0 Å². The van der Waals surface area contributed by atoms with Crippen LogP contribution in [0.1, 0.15) is 54.6 Å². The van der Waals surface area contributed by atoms with E-state index >= 15 is 0 Å². The fraction of sp³-hybridized carbons (Fsp3) is 0.462. The van der Waals surface area contributed by atoms with Gasteiger partial charge >= 0.3 is 0 Å². The molecule has 2 amide bonds. The Morgan fingerprint density at radius 2 is 1.77 bits per heavy atom. The second kappa shape index (κ2) is 9.65. The first-order valence-electron chi connectivity index (χ1n) is 11.5. The molecule has 4 rings (SSSR count). The van der Waals surface area contributed by atoms with Gasteiger partial charge in [0.25, 0.3) is 5.91 Å². The molecule has 1 N–H and O–H groups in total. The second-order valence-corrected chi connectivity index (χ2v) is 9.29. The van der Waals surface area contributed by atoms with Crippen LogP contribution in [0.2, 0.25) is 0 Å². The van der Waals surface area contributed by atoms with Crippen molar-refractivity contribution in [3.63, 3.8) is 0 Å². The first kappa shape index (κ1) is 21.6. The molecule has 31 heavy (non-hydrogen) atoms. The number of carbonyl (C=O) groups excluding carboxylic acids is 2. The van der Waals surface area contributed by atoms with Crippen molar-refractivity contribution in [2.75, 3.05) is 24.5 Å². The summed E-state index contributed by atoms with van der Waals surface area (Å²) in [5.74, 6) is 1.48. The Labute approximate surface area is 185 Å². The molecular weight excluding hydrogens is 386 g/mol. The smallest absolute Gasteiger partial charge is 0.251 e. The highest BCUT2D eigenvalue weighted by molar-refractivity contribution is 5.99. The normalized spacial score (nSPS) is 22.0. The van der Waals surface area contributed by atoms with Gasteiger partial charge < -0.3 is 10.2 Å². The molecule has 0 radical (unpaired) electrons. The lowest BCUT2D eigenvalue weighted by molar-refractivity contribution is -0.117. The lowest BCUT2D eigenvalue weighted by Gasteiger charge is -2.35. The van der Waals surface area contributed by atoms with Crippen LogP contribution in [0.5, 0.6) is 0 Å². The fourth-order valence-electron chi connectivity index (χ4n) is 5.06. The fourth-order valence-corrected chi connectivity index (χ4v) is 5.06. The molecule has 2 atom stereocenters. The number of rotatable bonds is 6. The monoisotopic (exact) mass is 419 g/mol. The molecule has 0 spiro atoms. The Kier molecular flexibility index (Phi) is 6.71. The summed E-state index contributed by atoms with van der Waals surface area (Å²) in [5.41, 5.74) is 3.84. The largest absolute Gasteiger partial charge is 0.348 e. The molecule has 2 aromatic carbocycles. The summed E-state index contributed by atoms with van der Waals surface area (Å²) in [7, 11) is 0. The van der Waals surface area contributed by atoms with Crippen molar-refractivity contribution in [2.45, 2.75) is 46.2 Å². The molecule has 2 fully saturated rings. The Morgan fingerprint density at radius 3 is 2.48 bits per heavy atom. The molecule has 2 unspecified atom stereocenters. The second-order valence-electron chi connectivity index (χ2n) is 9.29. The highest BCUT2D eigenvalue weighted by Crippen LogP contribution is 2.24. The minimum Gasteiger partial charge on any atom is -0.348 e. The van der Waals surface area contributed by atoms with Gasteiger partial charge in [0.1, 0.15) is 0 Å². The average Bonchev–Trinajstić information content (AvgIpc) is 3.18. The Hall–Kier alpha value is -2.66. The summed E-state index contributed by atoms with van der Waals surface area (Å²) in [5, 5.41) is 3.08. The highest BCUT2D eigenvalue weighted by atomic mass is 16.2. The van der Waals surface area contributed by atoms with Gasteiger partial charge in [0.15, 0.2) is 0 Å². The predicted molar refractivity (Wildman–Crippen MR) is 124 cm³/mol. The van der Waals surface area contributed by atoms with E-state index in [9.17, 15) is 9.59 Å². The van der Waals surface area contributed by atoms with E-state index in [4.69, 9.17) is 0 Å². The molecule has 5 heteroatoms. The van der Waals surface area contributed by atoms with Gasteiger partial charge in [-0.3, -0.25) is 14.5 Å². The Bertz CT molecular complexity index is 932. The number of hydrogen-bond acceptors (Lipinski definition) is 3. The molecule has 2 aromatic rings. The number of piperidine rings is 1. The zero-order valence-electron chi connectivity index (χ0n) is 18.6. The number of anilines is 1. The third kappa shape index (κ3) is 5.34. The van der Waals surface area contributed by atoms with Crippen molar-refractivity contribution in [1.82, 2.24) is 10.2 Å². The van der Waals surface area contributed by atoms with Crippen molar-refractivity contribution in [2.24, 2.45) is 11.8 Å². The molecule has 0 saturated carbocycles. The maximum atomic E-state index is 12.8. The van der Waals surface area contributed by atoms with Crippen molar-refractivity contribution in [3.8, 4) is 0 Å². The van der Waals surface area contributed by atoms with Gasteiger partial charge in [0.05, 0.1) is 0 Å². The van der Waals surface area contributed by atoms with Crippen LogP contribution in [0.15, 0.2) is 48.5 Å². The third-order valence-electron chi connectivity index (χ3n) is 6.39. The van der Waals surface area contributed by atoms with E-state index < -0.39 is 0 Å². The number of carbonyl (C=O) groups is 2. The maximum Gasteiger partial charge on any atom is 0.251 e. The lowest BCUT2D eigenvalue weighted by Crippen LogP contribution is -2.38. The van der Waals surface area contributed by atoms with Crippen LogP contribution < -0.4 is 10.2 Å². The number of amides is 2. The molecular formula is C26H33N3O2. The van der Waals surface area contributed by atoms with E-state index in [1.54, 1.807) is 4.90 Å². The van der Waals surface area contributed by atoms with Gasteiger partial charge in [-0.1, -0.05) is 44.2 Å². The van der Waals surface area contributed by atoms with E-state index in [2.05, 4.69) is 42.3 Å². The van der Waals surface area contributed by atoms with Crippen LogP contribution in [-0.2, 0) is 17.9 Å². The summed E-state index contributed by atoms with van der Waals surface area (Å²) >= 11 is 0. The Balaban J connectivity index is 1.40. The maximum absolute atomic E-state index is 12.8. The molecule has 0 aromatic heterocycles. The van der Waals surface area contributed by atoms with E-state index in [1.807, 2.05) is 30.3 Å². The summed E-state index contributed by atoms with van der Waals surface area (Å²) in [6.07, 6.45) is 2.76. The minimum atomic E-state index is -0.108. The molecule has 0 aliphatic carbocycles. The Morgan fingerprint density at radius 1 is 1.03 bits per heavy atom. The minimum absolute atomic E-state index is 0.108. The van der Waals surface area contributed by atoms with Crippen LogP contribution in [0.3, 0.4) is 0 Å². The number of benzene rings is 2. The van der Waals surface area contributed by atoms with Gasteiger partial charge in [-0.25, -0.2) is 0 Å². The summed E-state index contributed by atoms with van der Waals surface area (Å²) in [4.78, 5) is 29.2. The van der Waals surface area contributed by atoms with Crippen molar-refractivity contribution < 1.29 is 9.59 Å². The van der Waals surface area contributed by atoms with E-state index in [-0.39, 0.29) is 11.8 Å². The number of nitrogens with one attached hydrogen (secondary N) is 1. The predicted octanol–water partition coefficient (Wildman–Crippen LogP) is 4.22. The van der Waals surface area contributed by atoms with Crippen molar-refractivity contribution in [3.05, 3.63) is 65.2 Å². The number of hydrogen-bond donors (Lipinski definition) is 1. The molecule has 2 aliphatic heterocycles. The van der Waals surface area contributed by atoms with Gasteiger partial charge in [0.2, 0.25) is 5.91 Å². The topological polar surface area (TPSA) is 52.7 Å². The SMILES string of the molecule is CC1CC(C)CN(Cc2ccccc2CNC(=O)c2cccc(N3CCCC3=O)c2)C1. The zero-order chi connectivity index (χ0) is 21.8. The van der Waals surface area contributed by atoms with E-state index in [1.165, 1.54) is 12.0 Å². The molecule has 2 heterocycles. The average molecular weight is 420 g/mol. The van der Waals surface area contributed by atoms with Gasteiger partial charge in [-0.05, 0) is 54.0 Å². The first-order valence-corrected chi connectivity index (χ1v) is 11.5. The zero-order valence-corrected chi connectivity index (χ0v) is 18.6. The van der Waals surface area contributed by atoms with Crippen molar-refractivity contribution >= 4 is 17.5 Å². The summed E-state index contributed by atoms with van der Waals surface area (Å²) < 4.78 is 0. The summed E-state index contributed by atoms with van der Waals surface area (Å²) in [6.45, 7) is 9.08. The molecule has 0 bridgehead atoms. The van der Waals surface area contributed by atoms with Crippen LogP contribution in [-0.4, -0.2) is 36.3 Å². The van der Waals surface area contributed by atoms with Crippen molar-refractivity contribution in [1.29, 1.82) is 0 Å². The number of likely N-dealkylation sites (tertiary alicyclic amines) is 1. The highest BCUT2D eigenvalue weighted by Gasteiger charge is 2.23. The molecule has 5 nitrogen and oxygen atoms in total. The van der Waals surface area contributed by atoms with E-state index in [0.717, 1.165) is 55.7 Å². The standard InChI is InChI=1S/C26H33N3O2/c1-19-13-20(2)17-28(16-19)18-23-8-4-3-7-22(23)15-27-26(31)21-9-5-10-24(14-21)29-12-6-11-25(29)30/h3-5,7-10,14,19-20H,6,11-13,15-18H2,1-2H3,(H,27,31). The van der Waals surface area contributed by atoms with Crippen LogP contribution >= 0.6 is 0 Å². The number of nitrogens with zero attached hydrogens (tertiary/aromatic N) is 2. The lowest BCUT2D eigenvalue weighted by atomic mass is 9.91. The first-order chi connectivity index (χ1) is 15.0. The van der Waals surface area contributed by atoms with Gasteiger partial charge in [-0.15, -0.1) is 0 Å². The van der Waals surface area contributed by atoms with Crippen LogP contribution in [0, 0.1) is 11.8 Å². The van der Waals surface area contributed by atoms with Gasteiger partial charge in [-0.2, -0.15) is 0 Å². The van der Waals surface area contributed by atoms with Crippen LogP contribution in [0.4, 0.5) is 5.69 Å². The molecule has 164 valence electrons. The molecule has 2 aliphatic rings. The molecule has 2 saturated heterocycles. The summed E-state index contributed by atoms with van der Waals surface area (Å²) in [6, 6.07) is 15.8. The van der Waals surface area contributed by atoms with E-state index in [0.29, 0.717) is 18.5 Å².